The van der Waals surface area contributed by atoms with Crippen LogP contribution in [0.3, 0.4) is 0 Å². The number of hydrogen-bond acceptors (Lipinski definition) is 4. The van der Waals surface area contributed by atoms with Gasteiger partial charge < -0.3 is 9.30 Å². The molecular formula is C18H21ClN4O. The van der Waals surface area contributed by atoms with Gasteiger partial charge in [0, 0.05) is 11.6 Å². The van der Waals surface area contributed by atoms with Crippen molar-refractivity contribution in [2.24, 2.45) is 0 Å². The van der Waals surface area contributed by atoms with Gasteiger partial charge in [-0.05, 0) is 38.0 Å². The molecule has 0 spiro atoms. The Morgan fingerprint density at radius 3 is 2.58 bits per heavy atom. The van der Waals surface area contributed by atoms with E-state index in [1.807, 2.05) is 25.4 Å². The Hall–Kier alpha value is -2.14. The fourth-order valence-corrected chi connectivity index (χ4v) is 3.21. The summed E-state index contributed by atoms with van der Waals surface area (Å²) in [7, 11) is 1.62. The molecule has 0 saturated carbocycles. The first-order valence-corrected chi connectivity index (χ1v) is 8.51. The Kier molecular flexibility index (Phi) is 4.71. The van der Waals surface area contributed by atoms with Gasteiger partial charge in [0.25, 0.3) is 0 Å². The summed E-state index contributed by atoms with van der Waals surface area (Å²) in [5, 5.41) is 0.588. The van der Waals surface area contributed by atoms with Gasteiger partial charge in [-0.1, -0.05) is 25.4 Å². The van der Waals surface area contributed by atoms with Crippen molar-refractivity contribution in [1.29, 1.82) is 0 Å². The zero-order valence-electron chi connectivity index (χ0n) is 14.4. The van der Waals surface area contributed by atoms with Crippen molar-refractivity contribution in [3.8, 4) is 17.0 Å². The smallest absolute Gasteiger partial charge is 0.198 e. The minimum absolute atomic E-state index is 0.388. The fraction of sp³-hybridized carbons (Fsp3) is 0.389. The molecule has 0 aliphatic heterocycles. The Labute approximate surface area is 146 Å². The Balaban J connectivity index is 2.13. The monoisotopic (exact) mass is 344 g/mol. The minimum atomic E-state index is 0.388. The van der Waals surface area contributed by atoms with Gasteiger partial charge in [0.1, 0.15) is 5.75 Å². The molecule has 0 aliphatic carbocycles. The maximum absolute atomic E-state index is 6.39. The average Bonchev–Trinajstić information content (AvgIpc) is 2.98. The molecule has 3 aromatic rings. The molecule has 126 valence electrons. The van der Waals surface area contributed by atoms with Gasteiger partial charge in [-0.15, -0.1) is 0 Å². The summed E-state index contributed by atoms with van der Waals surface area (Å²) in [6.07, 6.45) is 3.91. The van der Waals surface area contributed by atoms with Crippen molar-refractivity contribution < 1.29 is 4.74 Å². The second kappa shape index (κ2) is 6.77. The molecule has 5 nitrogen and oxygen atoms in total. The molecule has 0 saturated heterocycles. The van der Waals surface area contributed by atoms with Crippen LogP contribution in [0.4, 0.5) is 0 Å². The van der Waals surface area contributed by atoms with Crippen molar-refractivity contribution in [3.63, 3.8) is 0 Å². The van der Waals surface area contributed by atoms with Gasteiger partial charge in [0.2, 0.25) is 0 Å². The van der Waals surface area contributed by atoms with E-state index in [1.54, 1.807) is 13.2 Å². The number of fused-ring (bicyclic) bond motifs is 1. The molecule has 0 N–H and O–H groups in total. The van der Waals surface area contributed by atoms with Crippen LogP contribution in [0.15, 0.2) is 24.5 Å². The average molecular weight is 345 g/mol. The van der Waals surface area contributed by atoms with Crippen LogP contribution in [-0.4, -0.2) is 26.6 Å². The normalized spacial score (nSPS) is 11.4. The summed E-state index contributed by atoms with van der Waals surface area (Å²) >= 11 is 6.39. The van der Waals surface area contributed by atoms with Crippen LogP contribution in [-0.2, 0) is 0 Å². The fourth-order valence-electron chi connectivity index (χ4n) is 2.95. The van der Waals surface area contributed by atoms with Crippen LogP contribution in [0.2, 0.25) is 5.02 Å². The lowest BCUT2D eigenvalue weighted by Gasteiger charge is -2.15. The first-order chi connectivity index (χ1) is 11.6. The number of rotatable bonds is 5. The van der Waals surface area contributed by atoms with Crippen LogP contribution >= 0.6 is 11.6 Å². The van der Waals surface area contributed by atoms with Crippen LogP contribution in [0.25, 0.3) is 22.6 Å². The Bertz CT molecular complexity index is 871. The predicted octanol–water partition coefficient (Wildman–Crippen LogP) is 4.82. The lowest BCUT2D eigenvalue weighted by Crippen LogP contribution is -2.07. The van der Waals surface area contributed by atoms with Crippen LogP contribution in [0.1, 0.15) is 38.4 Å². The molecule has 0 aliphatic rings. The third-order valence-electron chi connectivity index (χ3n) is 4.35. The zero-order chi connectivity index (χ0) is 17.3. The van der Waals surface area contributed by atoms with E-state index in [1.165, 1.54) is 0 Å². The standard InChI is InChI=1S/C18H21ClN4O/c1-5-12(6-2)23-10-20-17-18(23)21-11(3)16(22-17)14-8-7-13(24-4)9-15(14)19/h7-10,12H,5-6H2,1-4H3. The summed E-state index contributed by atoms with van der Waals surface area (Å²) in [5.41, 5.74) is 3.90. The van der Waals surface area contributed by atoms with Gasteiger partial charge >= 0.3 is 0 Å². The van der Waals surface area contributed by atoms with E-state index in [2.05, 4.69) is 23.4 Å². The van der Waals surface area contributed by atoms with Gasteiger partial charge in [0.15, 0.2) is 11.3 Å². The number of hydrogen-bond donors (Lipinski definition) is 0. The number of benzene rings is 1. The quantitative estimate of drug-likeness (QED) is 0.665. The summed E-state index contributed by atoms with van der Waals surface area (Å²) in [6.45, 7) is 6.30. The number of nitrogens with zero attached hydrogens (tertiary/aromatic N) is 4. The van der Waals surface area contributed by atoms with E-state index in [0.717, 1.165) is 35.4 Å². The molecule has 0 fully saturated rings. The van der Waals surface area contributed by atoms with Crippen molar-refractivity contribution in [3.05, 3.63) is 35.2 Å². The predicted molar refractivity (Wildman–Crippen MR) is 96.7 cm³/mol. The van der Waals surface area contributed by atoms with Crippen molar-refractivity contribution in [2.75, 3.05) is 7.11 Å². The molecule has 0 bridgehead atoms. The largest absolute Gasteiger partial charge is 0.497 e. The number of aryl methyl sites for hydroxylation is 1. The summed E-state index contributed by atoms with van der Waals surface area (Å²) < 4.78 is 7.32. The molecule has 2 heterocycles. The Morgan fingerprint density at radius 1 is 1.21 bits per heavy atom. The highest BCUT2D eigenvalue weighted by Gasteiger charge is 2.17. The number of aromatic nitrogens is 4. The molecule has 1 aromatic carbocycles. The molecule has 0 amide bonds. The number of halogens is 1. The van der Waals surface area contributed by atoms with Gasteiger partial charge in [0.05, 0.1) is 29.8 Å². The van der Waals surface area contributed by atoms with Crippen molar-refractivity contribution >= 4 is 22.9 Å². The molecular weight excluding hydrogens is 324 g/mol. The number of ether oxygens (including phenoxy) is 1. The molecule has 2 aromatic heterocycles. The second-order valence-electron chi connectivity index (χ2n) is 5.77. The number of methoxy groups -OCH3 is 1. The third kappa shape index (κ3) is 2.84. The van der Waals surface area contributed by atoms with Gasteiger partial charge in [-0.3, -0.25) is 0 Å². The second-order valence-corrected chi connectivity index (χ2v) is 6.18. The zero-order valence-corrected chi connectivity index (χ0v) is 15.1. The minimum Gasteiger partial charge on any atom is -0.497 e. The molecule has 3 rings (SSSR count). The van der Waals surface area contributed by atoms with E-state index in [0.29, 0.717) is 22.5 Å². The van der Waals surface area contributed by atoms with Crippen molar-refractivity contribution in [2.45, 2.75) is 39.7 Å². The lowest BCUT2D eigenvalue weighted by molar-refractivity contribution is 0.415. The molecule has 0 unspecified atom stereocenters. The maximum Gasteiger partial charge on any atom is 0.198 e. The highest BCUT2D eigenvalue weighted by molar-refractivity contribution is 6.33. The summed E-state index contributed by atoms with van der Waals surface area (Å²) in [6, 6.07) is 5.95. The highest BCUT2D eigenvalue weighted by Crippen LogP contribution is 2.32. The number of imidazole rings is 1. The molecule has 0 atom stereocenters. The van der Waals surface area contributed by atoms with Gasteiger partial charge in [-0.2, -0.15) is 0 Å². The first-order valence-electron chi connectivity index (χ1n) is 8.14. The highest BCUT2D eigenvalue weighted by atomic mass is 35.5. The van der Waals surface area contributed by atoms with E-state index >= 15 is 0 Å². The third-order valence-corrected chi connectivity index (χ3v) is 4.66. The lowest BCUT2D eigenvalue weighted by atomic mass is 10.1. The van der Waals surface area contributed by atoms with E-state index in [4.69, 9.17) is 26.3 Å². The SMILES string of the molecule is CCC(CC)n1cnc2nc(-c3ccc(OC)cc3Cl)c(C)nc21. The summed E-state index contributed by atoms with van der Waals surface area (Å²) in [5.74, 6) is 0.716. The van der Waals surface area contributed by atoms with E-state index in [-0.39, 0.29) is 0 Å². The molecule has 0 radical (unpaired) electrons. The van der Waals surface area contributed by atoms with E-state index in [9.17, 15) is 0 Å². The molecule has 24 heavy (non-hydrogen) atoms. The maximum atomic E-state index is 6.39. The topological polar surface area (TPSA) is 52.8 Å². The van der Waals surface area contributed by atoms with Crippen LogP contribution < -0.4 is 4.74 Å². The van der Waals surface area contributed by atoms with Gasteiger partial charge in [-0.25, -0.2) is 15.0 Å². The van der Waals surface area contributed by atoms with Crippen LogP contribution in [0, 0.1) is 6.92 Å². The van der Waals surface area contributed by atoms with E-state index < -0.39 is 0 Å². The van der Waals surface area contributed by atoms with Crippen LogP contribution in [0.5, 0.6) is 5.75 Å². The first kappa shape index (κ1) is 16.7. The summed E-state index contributed by atoms with van der Waals surface area (Å²) in [4.78, 5) is 13.9. The molecule has 6 heteroatoms. The Morgan fingerprint density at radius 2 is 1.96 bits per heavy atom. The van der Waals surface area contributed by atoms with Crippen molar-refractivity contribution in [1.82, 2.24) is 19.5 Å².